The molecule has 0 bridgehead atoms. The number of nitro groups is 1. The molecule has 0 aromatic heterocycles. The van der Waals surface area contributed by atoms with Crippen LogP contribution in [0, 0.1) is 10.1 Å². The molecule has 0 spiro atoms. The number of nitrogens with zero attached hydrogens (tertiary/aromatic N) is 4. The number of aliphatic hydroxyl groups excluding tert-OH is 1. The third-order valence-electron chi connectivity index (χ3n) is 3.82. The number of hydrogen-bond acceptors (Lipinski definition) is 7. The van der Waals surface area contributed by atoms with Gasteiger partial charge >= 0.3 is 0 Å². The molecule has 0 amide bonds. The van der Waals surface area contributed by atoms with Crippen LogP contribution < -0.4 is 5.43 Å². The number of hydrogen-bond donors (Lipinski definition) is 2. The minimum Gasteiger partial charge on any atom is -0.390 e. The highest BCUT2D eigenvalue weighted by molar-refractivity contribution is 6.28. The normalized spacial score (nSPS) is 13.9. The van der Waals surface area contributed by atoms with E-state index < -0.39 is 4.92 Å². The Morgan fingerprint density at radius 1 is 1.30 bits per heavy atom. The maximum atomic E-state index is 11.2. The van der Waals surface area contributed by atoms with Crippen LogP contribution in [-0.4, -0.2) is 46.3 Å². The summed E-state index contributed by atoms with van der Waals surface area (Å²) in [6.45, 7) is -0.0811. The van der Waals surface area contributed by atoms with Crippen LogP contribution in [0.15, 0.2) is 63.6 Å². The second-order valence-electron chi connectivity index (χ2n) is 5.63. The van der Waals surface area contributed by atoms with Crippen LogP contribution in [0.2, 0.25) is 0 Å². The van der Waals surface area contributed by atoms with E-state index in [0.717, 1.165) is 5.56 Å². The molecule has 27 heavy (non-hydrogen) atoms. The topological polar surface area (TPSA) is 112 Å². The summed E-state index contributed by atoms with van der Waals surface area (Å²) in [5, 5.41) is 24.4. The van der Waals surface area contributed by atoms with Gasteiger partial charge in [0.15, 0.2) is 0 Å². The first-order chi connectivity index (χ1) is 13.1. The Balaban J connectivity index is 2.06. The summed E-state index contributed by atoms with van der Waals surface area (Å²) in [5.41, 5.74) is 5.63. The molecule has 9 heteroatoms. The van der Waals surface area contributed by atoms with E-state index in [1.807, 2.05) is 30.3 Å². The number of halogens is 1. The number of non-ortho nitro benzene ring substituents is 1. The van der Waals surface area contributed by atoms with Crippen molar-refractivity contribution in [3.8, 4) is 0 Å². The molecule has 1 aliphatic heterocycles. The van der Waals surface area contributed by atoms with E-state index in [9.17, 15) is 10.1 Å². The summed E-state index contributed by atoms with van der Waals surface area (Å²) in [7, 11) is 0. The minimum atomic E-state index is -0.449. The van der Waals surface area contributed by atoms with E-state index in [2.05, 4.69) is 20.5 Å². The largest absolute Gasteiger partial charge is 0.390 e. The van der Waals surface area contributed by atoms with E-state index in [-0.39, 0.29) is 24.7 Å². The summed E-state index contributed by atoms with van der Waals surface area (Å²) in [6, 6.07) is 13.8. The van der Waals surface area contributed by atoms with E-state index >= 15 is 0 Å². The lowest BCUT2D eigenvalue weighted by atomic mass is 10.00. The van der Waals surface area contributed by atoms with Gasteiger partial charge in [-0.25, -0.2) is 4.99 Å². The van der Waals surface area contributed by atoms with Gasteiger partial charge in [0.1, 0.15) is 5.84 Å². The van der Waals surface area contributed by atoms with Gasteiger partial charge in [-0.2, -0.15) is 5.10 Å². The molecule has 0 aliphatic carbocycles. The molecule has 2 aromatic carbocycles. The quantitative estimate of drug-likeness (QED) is 0.356. The number of aliphatic hydroxyl groups is 1. The zero-order valence-corrected chi connectivity index (χ0v) is 14.9. The van der Waals surface area contributed by atoms with Crippen molar-refractivity contribution in [1.29, 1.82) is 0 Å². The summed E-state index contributed by atoms with van der Waals surface area (Å²) in [5.74, 6) is 0.519. The molecule has 0 unspecified atom stereocenters. The van der Waals surface area contributed by atoms with Crippen molar-refractivity contribution >= 4 is 40.2 Å². The molecule has 138 valence electrons. The third-order valence-corrected chi connectivity index (χ3v) is 4.12. The Bertz CT molecular complexity index is 935. The van der Waals surface area contributed by atoms with E-state index in [1.54, 1.807) is 6.07 Å². The van der Waals surface area contributed by atoms with Gasteiger partial charge in [0, 0.05) is 23.3 Å². The van der Waals surface area contributed by atoms with E-state index in [1.165, 1.54) is 12.1 Å². The number of nitro benzene ring substituents is 1. The number of rotatable bonds is 5. The fourth-order valence-corrected chi connectivity index (χ4v) is 2.64. The Hall–Kier alpha value is -3.10. The Morgan fingerprint density at radius 2 is 2.07 bits per heavy atom. The van der Waals surface area contributed by atoms with Crippen molar-refractivity contribution in [3.63, 3.8) is 0 Å². The predicted molar refractivity (Wildman–Crippen MR) is 106 cm³/mol. The molecule has 2 N–H and O–H groups in total. The fourth-order valence-electron chi connectivity index (χ4n) is 2.50. The number of fused-ring (bicyclic) bond motifs is 1. The van der Waals surface area contributed by atoms with Gasteiger partial charge in [-0.1, -0.05) is 30.3 Å². The average molecular weight is 386 g/mol. The van der Waals surface area contributed by atoms with Gasteiger partial charge in [0.25, 0.3) is 5.69 Å². The van der Waals surface area contributed by atoms with E-state index in [0.29, 0.717) is 28.5 Å². The second-order valence-corrected chi connectivity index (χ2v) is 5.90. The number of hydrazone groups is 1. The fraction of sp³-hybridized carbons (Fsp3) is 0.167. The second kappa shape index (κ2) is 8.52. The molecule has 3 rings (SSSR count). The van der Waals surface area contributed by atoms with Gasteiger partial charge in [-0.3, -0.25) is 20.5 Å². The van der Waals surface area contributed by atoms with Gasteiger partial charge in [-0.05, 0) is 6.07 Å². The summed E-state index contributed by atoms with van der Waals surface area (Å²) < 4.78 is 0. The molecule has 2 aromatic rings. The SMILES string of the molecule is O=[N+]([O-])c1ccc2c(c1)C(c1ccccc1)=NCC(NN=C(CO)CCl)=N2. The van der Waals surface area contributed by atoms with Crippen LogP contribution in [0.4, 0.5) is 11.4 Å². The van der Waals surface area contributed by atoms with Gasteiger partial charge in [0.2, 0.25) is 0 Å². The molecule has 0 saturated carbocycles. The average Bonchev–Trinajstić information content (AvgIpc) is 2.88. The highest BCUT2D eigenvalue weighted by atomic mass is 35.5. The molecule has 0 atom stereocenters. The lowest BCUT2D eigenvalue weighted by Crippen LogP contribution is -2.24. The third kappa shape index (κ3) is 4.36. The molecular weight excluding hydrogens is 370 g/mol. The van der Waals surface area contributed by atoms with Crippen LogP contribution in [0.25, 0.3) is 0 Å². The van der Waals surface area contributed by atoms with E-state index in [4.69, 9.17) is 16.7 Å². The van der Waals surface area contributed by atoms with Gasteiger partial charge in [-0.15, -0.1) is 11.6 Å². The monoisotopic (exact) mass is 385 g/mol. The van der Waals surface area contributed by atoms with Crippen molar-refractivity contribution in [1.82, 2.24) is 5.43 Å². The van der Waals surface area contributed by atoms with Crippen LogP contribution >= 0.6 is 11.6 Å². The van der Waals surface area contributed by atoms with Crippen LogP contribution in [0.3, 0.4) is 0 Å². The lowest BCUT2D eigenvalue weighted by molar-refractivity contribution is -0.384. The lowest BCUT2D eigenvalue weighted by Gasteiger charge is -2.08. The Labute approximate surface area is 160 Å². The molecular formula is C18H16ClN5O3. The zero-order valence-electron chi connectivity index (χ0n) is 14.2. The highest BCUT2D eigenvalue weighted by Crippen LogP contribution is 2.29. The maximum absolute atomic E-state index is 11.2. The molecule has 8 nitrogen and oxygen atoms in total. The first-order valence-electron chi connectivity index (χ1n) is 8.07. The predicted octanol–water partition coefficient (Wildman–Crippen LogP) is 2.65. The van der Waals surface area contributed by atoms with Crippen molar-refractivity contribution in [2.75, 3.05) is 19.0 Å². The van der Waals surface area contributed by atoms with Crippen LogP contribution in [-0.2, 0) is 0 Å². The smallest absolute Gasteiger partial charge is 0.270 e. The Morgan fingerprint density at radius 3 is 2.74 bits per heavy atom. The summed E-state index contributed by atoms with van der Waals surface area (Å²) >= 11 is 5.69. The highest BCUT2D eigenvalue weighted by Gasteiger charge is 2.19. The standard InChI is InChI=1S/C18H16ClN5O3/c19-9-13(11-25)22-23-17-10-20-18(12-4-2-1-3-5-12)15-8-14(24(26)27)6-7-16(15)21-17/h1-8,25H,9-11H2,(H,21,23). The van der Waals surface area contributed by atoms with Crippen molar-refractivity contribution < 1.29 is 10.0 Å². The van der Waals surface area contributed by atoms with Crippen molar-refractivity contribution in [2.24, 2.45) is 15.1 Å². The maximum Gasteiger partial charge on any atom is 0.270 e. The molecule has 1 aliphatic rings. The number of nitrogens with one attached hydrogen (secondary N) is 1. The number of benzene rings is 2. The minimum absolute atomic E-state index is 0.0354. The zero-order chi connectivity index (χ0) is 19.2. The number of aliphatic imine (C=N–C) groups is 2. The summed E-state index contributed by atoms with van der Waals surface area (Å²) in [6.07, 6.45) is 0. The van der Waals surface area contributed by atoms with Gasteiger partial charge in [0.05, 0.1) is 41.1 Å². The van der Waals surface area contributed by atoms with Gasteiger partial charge < -0.3 is 5.11 Å². The Kier molecular flexibility index (Phi) is 5.90. The molecule has 0 fully saturated rings. The first-order valence-corrected chi connectivity index (χ1v) is 8.60. The van der Waals surface area contributed by atoms with Crippen LogP contribution in [0.1, 0.15) is 11.1 Å². The van der Waals surface area contributed by atoms with Crippen LogP contribution in [0.5, 0.6) is 0 Å². The molecule has 1 heterocycles. The van der Waals surface area contributed by atoms with Crippen molar-refractivity contribution in [2.45, 2.75) is 0 Å². The first kappa shape index (κ1) is 18.7. The van der Waals surface area contributed by atoms with Crippen molar-refractivity contribution in [3.05, 3.63) is 69.8 Å². The summed E-state index contributed by atoms with van der Waals surface area (Å²) in [4.78, 5) is 19.8. The number of amidine groups is 1. The number of alkyl halides is 1. The molecule has 0 saturated heterocycles. The molecule has 0 radical (unpaired) electrons.